The van der Waals surface area contributed by atoms with Gasteiger partial charge in [0.05, 0.1) is 13.7 Å². The molecule has 0 bridgehead atoms. The van der Waals surface area contributed by atoms with Gasteiger partial charge in [-0.2, -0.15) is 0 Å². The summed E-state index contributed by atoms with van der Waals surface area (Å²) in [5, 5.41) is 2.89. The first kappa shape index (κ1) is 12.7. The molecular weight excluding hydrogens is 202 g/mol. The fourth-order valence-electron chi connectivity index (χ4n) is 1.94. The Morgan fingerprint density at radius 3 is 2.44 bits per heavy atom. The zero-order chi connectivity index (χ0) is 12.3. The minimum absolute atomic E-state index is 0.128. The molecule has 0 atom stereocenters. The van der Waals surface area contributed by atoms with Crippen LogP contribution in [0.4, 0.5) is 0 Å². The maximum absolute atomic E-state index is 11.9. The summed E-state index contributed by atoms with van der Waals surface area (Å²) in [5.41, 5.74) is 3.83. The van der Waals surface area contributed by atoms with Crippen molar-refractivity contribution < 1.29 is 9.53 Å². The van der Waals surface area contributed by atoms with Crippen LogP contribution in [-0.4, -0.2) is 26.5 Å². The molecule has 0 aliphatic rings. The fraction of sp³-hybridized carbons (Fsp3) is 0.462. The molecular formula is C13H19NO2. The Balaban J connectivity index is 3.30. The Morgan fingerprint density at radius 2 is 1.94 bits per heavy atom. The number of carbonyl (C=O) groups is 1. The number of nitrogens with one attached hydrogen (secondary N) is 1. The van der Waals surface area contributed by atoms with Crippen molar-refractivity contribution in [3.63, 3.8) is 0 Å². The second-order valence-corrected chi connectivity index (χ2v) is 3.97. The van der Waals surface area contributed by atoms with Crippen molar-refractivity contribution in [3.05, 3.63) is 28.3 Å². The number of rotatable bonds is 4. The summed E-state index contributed by atoms with van der Waals surface area (Å²) in [7, 11) is 3.43. The number of aryl methyl sites for hydroxylation is 1. The van der Waals surface area contributed by atoms with Crippen molar-refractivity contribution in [2.24, 2.45) is 0 Å². The van der Waals surface area contributed by atoms with Crippen molar-refractivity contribution in [2.75, 3.05) is 20.7 Å². The standard InChI is InChI=1S/C13H19NO2/c1-8-6-12(16-5)9(2)10(3)13(8)11(15)7-14-4/h6,14H,7H2,1-5H3. The number of Topliss-reactive ketones (excluding diaryl/α,β-unsaturated/α-hetero) is 1. The lowest BCUT2D eigenvalue weighted by molar-refractivity contribution is 0.0992. The maximum atomic E-state index is 11.9. The molecule has 1 aromatic carbocycles. The van der Waals surface area contributed by atoms with Crippen LogP contribution in [0.25, 0.3) is 0 Å². The molecule has 0 radical (unpaired) electrons. The van der Waals surface area contributed by atoms with E-state index in [0.717, 1.165) is 28.0 Å². The average Bonchev–Trinajstić information content (AvgIpc) is 2.24. The smallest absolute Gasteiger partial charge is 0.177 e. The van der Waals surface area contributed by atoms with Crippen LogP contribution in [0.15, 0.2) is 6.07 Å². The molecule has 0 saturated carbocycles. The first-order valence-electron chi connectivity index (χ1n) is 5.35. The highest BCUT2D eigenvalue weighted by atomic mass is 16.5. The first-order valence-corrected chi connectivity index (χ1v) is 5.35. The number of hydrogen-bond acceptors (Lipinski definition) is 3. The zero-order valence-corrected chi connectivity index (χ0v) is 10.6. The third-order valence-electron chi connectivity index (χ3n) is 2.89. The van der Waals surface area contributed by atoms with Crippen LogP contribution in [-0.2, 0) is 0 Å². The third kappa shape index (κ3) is 2.25. The van der Waals surface area contributed by atoms with Gasteiger partial charge in [-0.05, 0) is 50.6 Å². The summed E-state index contributed by atoms with van der Waals surface area (Å²) >= 11 is 0. The summed E-state index contributed by atoms with van der Waals surface area (Å²) in [6, 6.07) is 1.92. The average molecular weight is 221 g/mol. The highest BCUT2D eigenvalue weighted by Crippen LogP contribution is 2.27. The number of hydrogen-bond donors (Lipinski definition) is 1. The Labute approximate surface area is 96.8 Å². The maximum Gasteiger partial charge on any atom is 0.177 e. The van der Waals surface area contributed by atoms with E-state index in [4.69, 9.17) is 4.74 Å². The Kier molecular flexibility index (Phi) is 4.07. The van der Waals surface area contributed by atoms with Crippen LogP contribution >= 0.6 is 0 Å². The van der Waals surface area contributed by atoms with Crippen LogP contribution in [0.3, 0.4) is 0 Å². The summed E-state index contributed by atoms with van der Waals surface area (Å²) in [4.78, 5) is 11.9. The predicted octanol–water partition coefficient (Wildman–Crippen LogP) is 2.02. The minimum Gasteiger partial charge on any atom is -0.496 e. The van der Waals surface area contributed by atoms with E-state index in [1.54, 1.807) is 14.2 Å². The van der Waals surface area contributed by atoms with Crippen molar-refractivity contribution in [1.82, 2.24) is 5.32 Å². The van der Waals surface area contributed by atoms with Gasteiger partial charge in [-0.1, -0.05) is 0 Å². The molecule has 0 saturated heterocycles. The summed E-state index contributed by atoms with van der Waals surface area (Å²) in [5.74, 6) is 0.972. The molecule has 3 nitrogen and oxygen atoms in total. The van der Waals surface area contributed by atoms with Crippen LogP contribution < -0.4 is 10.1 Å². The SMILES string of the molecule is CNCC(=O)c1c(C)cc(OC)c(C)c1C. The molecule has 0 spiro atoms. The van der Waals surface area contributed by atoms with Crippen molar-refractivity contribution in [1.29, 1.82) is 0 Å². The molecule has 1 N–H and O–H groups in total. The van der Waals surface area contributed by atoms with Crippen LogP contribution in [0.2, 0.25) is 0 Å². The van der Waals surface area contributed by atoms with E-state index in [1.807, 2.05) is 26.8 Å². The molecule has 0 fully saturated rings. The minimum atomic E-state index is 0.128. The monoisotopic (exact) mass is 221 g/mol. The van der Waals surface area contributed by atoms with Gasteiger partial charge in [-0.3, -0.25) is 4.79 Å². The molecule has 0 unspecified atom stereocenters. The molecule has 88 valence electrons. The molecule has 0 aliphatic carbocycles. The number of ether oxygens (including phenoxy) is 1. The quantitative estimate of drug-likeness (QED) is 0.790. The van der Waals surface area contributed by atoms with Gasteiger partial charge in [0, 0.05) is 5.56 Å². The molecule has 1 rings (SSSR count). The van der Waals surface area contributed by atoms with E-state index in [1.165, 1.54) is 0 Å². The first-order chi connectivity index (χ1) is 7.52. The van der Waals surface area contributed by atoms with Crippen molar-refractivity contribution in [2.45, 2.75) is 20.8 Å². The predicted molar refractivity (Wildman–Crippen MR) is 65.5 cm³/mol. The van der Waals surface area contributed by atoms with Gasteiger partial charge in [0.2, 0.25) is 0 Å². The molecule has 0 aliphatic heterocycles. The number of ketones is 1. The highest BCUT2D eigenvalue weighted by molar-refractivity contribution is 6.00. The Bertz CT molecular complexity index is 411. The van der Waals surface area contributed by atoms with Gasteiger partial charge in [0.15, 0.2) is 5.78 Å². The van der Waals surface area contributed by atoms with Gasteiger partial charge >= 0.3 is 0 Å². The summed E-state index contributed by atoms with van der Waals surface area (Å²) in [6.45, 7) is 6.25. The van der Waals surface area contributed by atoms with Gasteiger partial charge in [-0.25, -0.2) is 0 Å². The van der Waals surface area contributed by atoms with Crippen LogP contribution in [0, 0.1) is 20.8 Å². The molecule has 0 heterocycles. The van der Waals surface area contributed by atoms with E-state index in [2.05, 4.69) is 5.32 Å². The summed E-state index contributed by atoms with van der Waals surface area (Å²) < 4.78 is 5.27. The summed E-state index contributed by atoms with van der Waals surface area (Å²) in [6.07, 6.45) is 0. The van der Waals surface area contributed by atoms with Gasteiger partial charge in [0.25, 0.3) is 0 Å². The van der Waals surface area contributed by atoms with Gasteiger partial charge in [0.1, 0.15) is 5.75 Å². The highest BCUT2D eigenvalue weighted by Gasteiger charge is 2.15. The van der Waals surface area contributed by atoms with E-state index < -0.39 is 0 Å². The van der Waals surface area contributed by atoms with Crippen LogP contribution in [0.1, 0.15) is 27.0 Å². The Hall–Kier alpha value is -1.35. The normalized spacial score (nSPS) is 10.3. The topological polar surface area (TPSA) is 38.3 Å². The van der Waals surface area contributed by atoms with E-state index in [-0.39, 0.29) is 5.78 Å². The van der Waals surface area contributed by atoms with E-state index in [9.17, 15) is 4.79 Å². The largest absolute Gasteiger partial charge is 0.496 e. The number of methoxy groups -OCH3 is 1. The molecule has 3 heteroatoms. The van der Waals surface area contributed by atoms with Gasteiger partial charge in [-0.15, -0.1) is 0 Å². The lowest BCUT2D eigenvalue weighted by Gasteiger charge is -2.14. The zero-order valence-electron chi connectivity index (χ0n) is 10.6. The number of carbonyl (C=O) groups excluding carboxylic acids is 1. The molecule has 16 heavy (non-hydrogen) atoms. The molecule has 0 aromatic heterocycles. The second kappa shape index (κ2) is 5.12. The van der Waals surface area contributed by atoms with Crippen LogP contribution in [0.5, 0.6) is 5.75 Å². The van der Waals surface area contributed by atoms with Crippen molar-refractivity contribution in [3.8, 4) is 5.75 Å². The van der Waals surface area contributed by atoms with E-state index in [0.29, 0.717) is 6.54 Å². The Morgan fingerprint density at radius 1 is 1.31 bits per heavy atom. The van der Waals surface area contributed by atoms with E-state index >= 15 is 0 Å². The third-order valence-corrected chi connectivity index (χ3v) is 2.89. The molecule has 1 aromatic rings. The van der Waals surface area contributed by atoms with Gasteiger partial charge < -0.3 is 10.1 Å². The second-order valence-electron chi connectivity index (χ2n) is 3.97. The number of benzene rings is 1. The number of likely N-dealkylation sites (N-methyl/N-ethyl adjacent to an activating group) is 1. The molecule has 0 amide bonds. The van der Waals surface area contributed by atoms with Crippen molar-refractivity contribution >= 4 is 5.78 Å². The fourth-order valence-corrected chi connectivity index (χ4v) is 1.94. The lowest BCUT2D eigenvalue weighted by atomic mass is 9.94. The lowest BCUT2D eigenvalue weighted by Crippen LogP contribution is -2.20.